The monoisotopic (exact) mass is 99.1 g/mol. The van der Waals surface area contributed by atoms with Gasteiger partial charge in [-0.2, -0.15) is 0 Å². The summed E-state index contributed by atoms with van der Waals surface area (Å²) in [5, 5.41) is 0. The average Bonchev–Trinajstić information content (AvgIpc) is 1.65. The van der Waals surface area contributed by atoms with E-state index in [1.165, 1.54) is 6.92 Å². The third kappa shape index (κ3) is 1.81. The first-order chi connectivity index (χ1) is 3.18. The molecule has 0 aliphatic carbocycles. The van der Waals surface area contributed by atoms with E-state index in [-0.39, 0.29) is 5.57 Å². The summed E-state index contributed by atoms with van der Waals surface area (Å²) in [5.41, 5.74) is 11.5. The first kappa shape index (κ1) is 6.01. The Morgan fingerprint density at radius 1 is 1.86 bits per heavy atom. The van der Waals surface area contributed by atoms with Crippen LogP contribution in [0.4, 0.5) is 0 Å². The molecule has 39 valence electrons. The van der Waals surface area contributed by atoms with Gasteiger partial charge in [0, 0.05) is 11.8 Å². The predicted molar refractivity (Wildman–Crippen MR) is 26.0 cm³/mol. The van der Waals surface area contributed by atoms with Crippen LogP contribution in [0.5, 0.6) is 0 Å². The van der Waals surface area contributed by atoms with Gasteiger partial charge < -0.3 is 11.5 Å². The van der Waals surface area contributed by atoms with Crippen molar-refractivity contribution in [3.63, 3.8) is 0 Å². The third-order valence-electron chi connectivity index (χ3n) is 0.605. The molecule has 1 amide bonds. The summed E-state index contributed by atoms with van der Waals surface area (Å²) in [7, 11) is 0. The van der Waals surface area contributed by atoms with Crippen molar-refractivity contribution in [1.29, 1.82) is 0 Å². The molecule has 0 fully saturated rings. The quantitative estimate of drug-likeness (QED) is 0.449. The van der Waals surface area contributed by atoms with Crippen molar-refractivity contribution < 1.29 is 4.79 Å². The van der Waals surface area contributed by atoms with Crippen molar-refractivity contribution in [2.75, 3.05) is 0 Å². The Bertz CT molecular complexity index is 106. The first-order valence-electron chi connectivity index (χ1n) is 1.82. The summed E-state index contributed by atoms with van der Waals surface area (Å²) in [4.78, 5) is 9.96. The van der Waals surface area contributed by atoms with Gasteiger partial charge in [0.15, 0.2) is 0 Å². The van der Waals surface area contributed by atoms with Crippen molar-refractivity contribution >= 4 is 5.91 Å². The number of amides is 1. The minimum Gasteiger partial charge on any atom is -0.366 e. The van der Waals surface area contributed by atoms with E-state index in [0.717, 1.165) is 6.20 Å². The van der Waals surface area contributed by atoms with Crippen LogP contribution in [0.3, 0.4) is 0 Å². The predicted octanol–water partition coefficient (Wildman–Crippen LogP) is -0.342. The molecular weight excluding hydrogens is 92.1 g/mol. The molecule has 0 saturated carbocycles. The van der Waals surface area contributed by atoms with E-state index < -0.39 is 5.91 Å². The van der Waals surface area contributed by atoms with E-state index >= 15 is 0 Å². The smallest absolute Gasteiger partial charge is 0.245 e. The summed E-state index contributed by atoms with van der Waals surface area (Å²) < 4.78 is 0. The normalized spacial score (nSPS) is 11.3. The van der Waals surface area contributed by atoms with Gasteiger partial charge in [-0.15, -0.1) is 0 Å². The topological polar surface area (TPSA) is 66.9 Å². The fourth-order valence-corrected chi connectivity index (χ4v) is 0.0711. The lowest BCUT2D eigenvalue weighted by Gasteiger charge is -1.84. The lowest BCUT2D eigenvalue weighted by atomic mass is 10.3. The number of hydrogen-bond donors (Lipinski definition) is 1. The minimum atomic E-state index is -0.532. The number of carbonyl (C=O) groups excluding carboxylic acids is 1. The number of nitrogens with two attached hydrogens (primary N) is 1. The summed E-state index contributed by atoms with van der Waals surface area (Å²) in [6.45, 7) is 1.50. The van der Waals surface area contributed by atoms with Crippen molar-refractivity contribution in [3.05, 3.63) is 11.8 Å². The highest BCUT2D eigenvalue weighted by atomic mass is 16.1. The van der Waals surface area contributed by atoms with Gasteiger partial charge in [-0.1, -0.05) is 0 Å². The largest absolute Gasteiger partial charge is 0.366 e. The van der Waals surface area contributed by atoms with E-state index in [2.05, 4.69) is 0 Å². The zero-order chi connectivity index (χ0) is 5.86. The highest BCUT2D eigenvalue weighted by Gasteiger charge is 1.91. The maximum absolute atomic E-state index is 9.96. The van der Waals surface area contributed by atoms with Crippen LogP contribution in [0.15, 0.2) is 11.8 Å². The van der Waals surface area contributed by atoms with Crippen LogP contribution >= 0.6 is 0 Å². The molecule has 0 rings (SSSR count). The SMILES string of the molecule is CC(=C[NH])C(N)=O. The van der Waals surface area contributed by atoms with Gasteiger partial charge in [-0.25, -0.2) is 0 Å². The molecule has 0 heterocycles. The highest BCUT2D eigenvalue weighted by molar-refractivity contribution is 5.90. The molecule has 1 radical (unpaired) electrons. The molecule has 0 atom stereocenters. The van der Waals surface area contributed by atoms with Gasteiger partial charge in [-0.3, -0.25) is 4.79 Å². The lowest BCUT2D eigenvalue weighted by molar-refractivity contribution is -0.114. The first-order valence-corrected chi connectivity index (χ1v) is 1.82. The molecule has 3 heteroatoms. The van der Waals surface area contributed by atoms with Crippen LogP contribution in [0.1, 0.15) is 6.92 Å². The highest BCUT2D eigenvalue weighted by Crippen LogP contribution is 1.83. The van der Waals surface area contributed by atoms with Crippen molar-refractivity contribution in [2.45, 2.75) is 6.92 Å². The van der Waals surface area contributed by atoms with E-state index in [1.807, 2.05) is 0 Å². The third-order valence-corrected chi connectivity index (χ3v) is 0.605. The van der Waals surface area contributed by atoms with Gasteiger partial charge in [0.2, 0.25) is 5.91 Å². The number of nitrogens with one attached hydrogen (secondary N) is 1. The van der Waals surface area contributed by atoms with Crippen LogP contribution in [0.25, 0.3) is 0 Å². The fourth-order valence-electron chi connectivity index (χ4n) is 0.0711. The Morgan fingerprint density at radius 2 is 2.29 bits per heavy atom. The summed E-state index contributed by atoms with van der Waals surface area (Å²) in [5.74, 6) is -0.532. The molecule has 7 heavy (non-hydrogen) atoms. The fraction of sp³-hybridized carbons (Fsp3) is 0.250. The summed E-state index contributed by atoms with van der Waals surface area (Å²) >= 11 is 0. The zero-order valence-electron chi connectivity index (χ0n) is 4.06. The molecule has 0 aromatic rings. The Labute approximate surface area is 42.0 Å². The molecule has 0 aliphatic heterocycles. The van der Waals surface area contributed by atoms with Crippen molar-refractivity contribution in [1.82, 2.24) is 5.73 Å². The van der Waals surface area contributed by atoms with Crippen molar-refractivity contribution in [2.24, 2.45) is 5.73 Å². The molecule has 0 saturated heterocycles. The molecule has 0 bridgehead atoms. The number of rotatable bonds is 1. The molecule has 0 aromatic carbocycles. The van der Waals surface area contributed by atoms with Crippen LogP contribution in [0, 0.1) is 0 Å². The lowest BCUT2D eigenvalue weighted by Crippen LogP contribution is -2.11. The molecule has 0 aliphatic rings. The average molecular weight is 99.1 g/mol. The molecule has 0 spiro atoms. The molecular formula is C4H7N2O. The number of carbonyl (C=O) groups is 1. The van der Waals surface area contributed by atoms with Crippen LogP contribution < -0.4 is 11.5 Å². The Hall–Kier alpha value is -0.990. The van der Waals surface area contributed by atoms with E-state index in [9.17, 15) is 4.79 Å². The molecule has 3 N–H and O–H groups in total. The van der Waals surface area contributed by atoms with Gasteiger partial charge in [0.25, 0.3) is 0 Å². The van der Waals surface area contributed by atoms with Gasteiger partial charge >= 0.3 is 0 Å². The summed E-state index contributed by atoms with van der Waals surface area (Å²) in [6, 6.07) is 0. The second-order valence-corrected chi connectivity index (χ2v) is 1.19. The zero-order valence-corrected chi connectivity index (χ0v) is 4.06. The van der Waals surface area contributed by atoms with Gasteiger partial charge in [0.05, 0.1) is 0 Å². The Morgan fingerprint density at radius 3 is 2.29 bits per heavy atom. The standard InChI is InChI=1S/C4H7N2O/c1-3(2-5)4(6)7/h2,5H,1H3,(H2,6,7). The maximum Gasteiger partial charge on any atom is 0.245 e. The molecule has 0 unspecified atom stereocenters. The second-order valence-electron chi connectivity index (χ2n) is 1.19. The Balaban J connectivity index is 3.82. The molecule has 0 aromatic heterocycles. The van der Waals surface area contributed by atoms with Crippen LogP contribution in [-0.2, 0) is 4.79 Å². The van der Waals surface area contributed by atoms with Gasteiger partial charge in [-0.05, 0) is 6.92 Å². The van der Waals surface area contributed by atoms with E-state index in [1.54, 1.807) is 0 Å². The second kappa shape index (κ2) is 2.23. The molecule has 3 nitrogen and oxygen atoms in total. The Kier molecular flexibility index (Phi) is 1.91. The number of primary amides is 1. The maximum atomic E-state index is 9.96. The summed E-state index contributed by atoms with van der Waals surface area (Å²) in [6.07, 6.45) is 0.933. The van der Waals surface area contributed by atoms with Gasteiger partial charge in [0.1, 0.15) is 0 Å². The van der Waals surface area contributed by atoms with Crippen LogP contribution in [0.2, 0.25) is 0 Å². The van der Waals surface area contributed by atoms with E-state index in [0.29, 0.717) is 0 Å². The number of hydrogen-bond acceptors (Lipinski definition) is 1. The van der Waals surface area contributed by atoms with E-state index in [4.69, 9.17) is 11.5 Å². The van der Waals surface area contributed by atoms with Crippen LogP contribution in [-0.4, -0.2) is 5.91 Å². The minimum absolute atomic E-state index is 0.278. The van der Waals surface area contributed by atoms with Crippen molar-refractivity contribution in [3.8, 4) is 0 Å².